The lowest BCUT2D eigenvalue weighted by molar-refractivity contribution is -0.144. The Hall–Kier alpha value is -1.14. The summed E-state index contributed by atoms with van der Waals surface area (Å²) in [6.45, 7) is -0.393. The predicted molar refractivity (Wildman–Crippen MR) is 43.0 cm³/mol. The molecule has 0 heterocycles. The van der Waals surface area contributed by atoms with Gasteiger partial charge >= 0.3 is 5.97 Å². The number of amides is 1. The zero-order valence-electron chi connectivity index (χ0n) is 7.14. The zero-order valence-corrected chi connectivity index (χ0v) is 7.14. The van der Waals surface area contributed by atoms with Crippen LogP contribution in [0.15, 0.2) is 0 Å². The van der Waals surface area contributed by atoms with Gasteiger partial charge in [0.2, 0.25) is 5.91 Å². The zero-order chi connectivity index (χ0) is 10.3. The van der Waals surface area contributed by atoms with Crippen LogP contribution in [0.3, 0.4) is 0 Å². The molecule has 76 valence electrons. The Balaban J connectivity index is 4.02. The van der Waals surface area contributed by atoms with E-state index in [9.17, 15) is 9.59 Å². The van der Waals surface area contributed by atoms with Crippen molar-refractivity contribution in [2.24, 2.45) is 0 Å². The molecule has 0 spiro atoms. The lowest BCUT2D eigenvalue weighted by atomic mass is 10.3. The van der Waals surface area contributed by atoms with Gasteiger partial charge in [0.1, 0.15) is 6.42 Å². The van der Waals surface area contributed by atoms with E-state index in [0.29, 0.717) is 0 Å². The van der Waals surface area contributed by atoms with Crippen molar-refractivity contribution in [1.29, 1.82) is 0 Å². The monoisotopic (exact) mass is 191 g/mol. The fourth-order valence-corrected chi connectivity index (χ4v) is 0.844. The van der Waals surface area contributed by atoms with Crippen molar-refractivity contribution in [3.8, 4) is 0 Å². The number of carboxylic acids is 1. The third-order valence-corrected chi connectivity index (χ3v) is 1.39. The summed E-state index contributed by atoms with van der Waals surface area (Å²) >= 11 is 0. The number of hydrogen-bond acceptors (Lipinski definition) is 4. The molecule has 0 aliphatic heterocycles. The minimum atomic E-state index is -1.22. The molecule has 0 rings (SSSR count). The SMILES string of the molecule is O=C(O)CC(=O)N(CCO)CCO. The van der Waals surface area contributed by atoms with Crippen LogP contribution in [0.2, 0.25) is 0 Å². The number of carbonyl (C=O) groups excluding carboxylic acids is 1. The predicted octanol–water partition coefficient (Wildman–Crippen LogP) is -1.73. The van der Waals surface area contributed by atoms with Gasteiger partial charge < -0.3 is 20.2 Å². The first-order valence-corrected chi connectivity index (χ1v) is 3.83. The highest BCUT2D eigenvalue weighted by Crippen LogP contribution is 1.93. The van der Waals surface area contributed by atoms with E-state index >= 15 is 0 Å². The molecule has 1 amide bonds. The molecule has 6 heteroatoms. The van der Waals surface area contributed by atoms with Crippen LogP contribution in [0.4, 0.5) is 0 Å². The van der Waals surface area contributed by atoms with Gasteiger partial charge in [0, 0.05) is 13.1 Å². The number of carbonyl (C=O) groups is 2. The fourth-order valence-electron chi connectivity index (χ4n) is 0.844. The maximum atomic E-state index is 11.1. The number of nitrogens with zero attached hydrogens (tertiary/aromatic N) is 1. The minimum absolute atomic E-state index is 0.0483. The lowest BCUT2D eigenvalue weighted by Crippen LogP contribution is -2.36. The summed E-state index contributed by atoms with van der Waals surface area (Å²) in [5.74, 6) is -1.82. The normalized spacial score (nSPS) is 9.69. The van der Waals surface area contributed by atoms with E-state index in [2.05, 4.69) is 0 Å². The summed E-state index contributed by atoms with van der Waals surface area (Å²) in [6.07, 6.45) is -0.611. The van der Waals surface area contributed by atoms with Crippen molar-refractivity contribution in [2.75, 3.05) is 26.3 Å². The van der Waals surface area contributed by atoms with Gasteiger partial charge in [0.15, 0.2) is 0 Å². The quantitative estimate of drug-likeness (QED) is 0.433. The van der Waals surface area contributed by atoms with Gasteiger partial charge in [-0.2, -0.15) is 0 Å². The second kappa shape index (κ2) is 6.38. The maximum Gasteiger partial charge on any atom is 0.312 e. The van der Waals surface area contributed by atoms with Crippen LogP contribution < -0.4 is 0 Å². The Morgan fingerprint density at radius 2 is 1.54 bits per heavy atom. The van der Waals surface area contributed by atoms with E-state index in [0.717, 1.165) is 4.90 Å². The second-order valence-corrected chi connectivity index (χ2v) is 2.40. The molecule has 0 saturated heterocycles. The average Bonchev–Trinajstić information content (AvgIpc) is 2.02. The van der Waals surface area contributed by atoms with E-state index in [1.54, 1.807) is 0 Å². The highest BCUT2D eigenvalue weighted by Gasteiger charge is 2.15. The third kappa shape index (κ3) is 5.15. The van der Waals surface area contributed by atoms with Crippen LogP contribution in [-0.4, -0.2) is 58.4 Å². The fraction of sp³-hybridized carbons (Fsp3) is 0.714. The molecule has 3 N–H and O–H groups in total. The van der Waals surface area contributed by atoms with Crippen LogP contribution >= 0.6 is 0 Å². The molecule has 13 heavy (non-hydrogen) atoms. The molecule has 0 aromatic carbocycles. The molecule has 0 aromatic heterocycles. The van der Waals surface area contributed by atoms with E-state index in [1.165, 1.54) is 0 Å². The smallest absolute Gasteiger partial charge is 0.312 e. The summed E-state index contributed by atoms with van der Waals surface area (Å²) in [7, 11) is 0. The van der Waals surface area contributed by atoms with E-state index < -0.39 is 18.3 Å². The number of rotatable bonds is 6. The Morgan fingerprint density at radius 3 is 1.85 bits per heavy atom. The molecule has 0 aliphatic carbocycles. The Bertz CT molecular complexity index is 176. The highest BCUT2D eigenvalue weighted by molar-refractivity contribution is 5.93. The van der Waals surface area contributed by atoms with Crippen molar-refractivity contribution < 1.29 is 24.9 Å². The maximum absolute atomic E-state index is 11.1. The molecule has 0 bridgehead atoms. The first-order chi connectivity index (χ1) is 6.11. The molecule has 6 nitrogen and oxygen atoms in total. The van der Waals surface area contributed by atoms with Gasteiger partial charge in [0.05, 0.1) is 13.2 Å². The van der Waals surface area contributed by atoms with Gasteiger partial charge in [0.25, 0.3) is 0 Å². The topological polar surface area (TPSA) is 98.1 Å². The number of aliphatic carboxylic acids is 1. The van der Waals surface area contributed by atoms with Crippen LogP contribution in [0.25, 0.3) is 0 Å². The Kier molecular flexibility index (Phi) is 5.82. The first kappa shape index (κ1) is 11.9. The van der Waals surface area contributed by atoms with Crippen molar-refractivity contribution >= 4 is 11.9 Å². The van der Waals surface area contributed by atoms with Gasteiger partial charge in [-0.3, -0.25) is 9.59 Å². The molecule has 0 radical (unpaired) electrons. The van der Waals surface area contributed by atoms with Crippen LogP contribution in [0.5, 0.6) is 0 Å². The summed E-state index contributed by atoms with van der Waals surface area (Å²) in [4.78, 5) is 22.3. The number of aliphatic hydroxyl groups excluding tert-OH is 2. The Morgan fingerprint density at radius 1 is 1.08 bits per heavy atom. The standard InChI is InChI=1S/C7H13NO5/c9-3-1-8(2-4-10)6(11)5-7(12)13/h9-10H,1-5H2,(H,12,13). The summed E-state index contributed by atoms with van der Waals surface area (Å²) < 4.78 is 0. The molecular formula is C7H13NO5. The average molecular weight is 191 g/mol. The molecule has 0 unspecified atom stereocenters. The molecule has 0 atom stereocenters. The second-order valence-electron chi connectivity index (χ2n) is 2.40. The van der Waals surface area contributed by atoms with Crippen LogP contribution in [0.1, 0.15) is 6.42 Å². The van der Waals surface area contributed by atoms with Crippen LogP contribution in [0, 0.1) is 0 Å². The van der Waals surface area contributed by atoms with Crippen molar-refractivity contribution in [1.82, 2.24) is 4.90 Å². The van der Waals surface area contributed by atoms with E-state index in [4.69, 9.17) is 15.3 Å². The number of hydrogen-bond donors (Lipinski definition) is 3. The summed E-state index contributed by atoms with van der Waals surface area (Å²) in [5, 5.41) is 25.3. The van der Waals surface area contributed by atoms with E-state index in [1.807, 2.05) is 0 Å². The lowest BCUT2D eigenvalue weighted by Gasteiger charge is -2.19. The van der Waals surface area contributed by atoms with Gasteiger partial charge in [-0.25, -0.2) is 0 Å². The molecule has 0 aliphatic rings. The first-order valence-electron chi connectivity index (χ1n) is 3.83. The third-order valence-electron chi connectivity index (χ3n) is 1.39. The minimum Gasteiger partial charge on any atom is -0.481 e. The summed E-state index contributed by atoms with van der Waals surface area (Å²) in [5.41, 5.74) is 0. The summed E-state index contributed by atoms with van der Waals surface area (Å²) in [6, 6.07) is 0. The van der Waals surface area contributed by atoms with Crippen LogP contribution in [-0.2, 0) is 9.59 Å². The molecule has 0 fully saturated rings. The van der Waals surface area contributed by atoms with Crippen molar-refractivity contribution in [3.05, 3.63) is 0 Å². The van der Waals surface area contributed by atoms with E-state index in [-0.39, 0.29) is 26.3 Å². The molecule has 0 aromatic rings. The van der Waals surface area contributed by atoms with Gasteiger partial charge in [-0.15, -0.1) is 0 Å². The largest absolute Gasteiger partial charge is 0.481 e. The van der Waals surface area contributed by atoms with Crippen molar-refractivity contribution in [3.63, 3.8) is 0 Å². The number of carboxylic acid groups (broad SMARTS) is 1. The van der Waals surface area contributed by atoms with Gasteiger partial charge in [-0.1, -0.05) is 0 Å². The highest BCUT2D eigenvalue weighted by atomic mass is 16.4. The van der Waals surface area contributed by atoms with Crippen molar-refractivity contribution in [2.45, 2.75) is 6.42 Å². The Labute approximate surface area is 75.4 Å². The number of aliphatic hydroxyl groups is 2. The molecule has 0 saturated carbocycles. The molecular weight excluding hydrogens is 178 g/mol. The van der Waals surface area contributed by atoms with Gasteiger partial charge in [-0.05, 0) is 0 Å².